The maximum atomic E-state index is 12.5. The molecule has 26 heavy (non-hydrogen) atoms. The van der Waals surface area contributed by atoms with Gasteiger partial charge < -0.3 is 5.32 Å². The molecule has 2 aromatic rings. The van der Waals surface area contributed by atoms with Gasteiger partial charge in [0.25, 0.3) is 0 Å². The normalized spacial score (nSPS) is 15.0. The van der Waals surface area contributed by atoms with E-state index in [2.05, 4.69) is 22.1 Å². The SMILES string of the molecule is C=CCn1c(S[C@H](C)C(=O)N2CCNC2=O)nnc1-c1ccc(Cl)cc1. The van der Waals surface area contributed by atoms with Crippen LogP contribution in [0.15, 0.2) is 42.1 Å². The van der Waals surface area contributed by atoms with Crippen molar-refractivity contribution in [2.24, 2.45) is 0 Å². The van der Waals surface area contributed by atoms with Crippen molar-refractivity contribution in [1.29, 1.82) is 0 Å². The number of thioether (sulfide) groups is 1. The Kier molecular flexibility index (Phi) is 5.63. The van der Waals surface area contributed by atoms with Gasteiger partial charge in [-0.25, -0.2) is 4.79 Å². The van der Waals surface area contributed by atoms with Gasteiger partial charge in [0.15, 0.2) is 11.0 Å². The molecule has 3 amide bonds. The zero-order valence-corrected chi connectivity index (χ0v) is 15.8. The topological polar surface area (TPSA) is 80.1 Å². The largest absolute Gasteiger partial charge is 0.336 e. The van der Waals surface area contributed by atoms with Crippen molar-refractivity contribution in [3.63, 3.8) is 0 Å². The van der Waals surface area contributed by atoms with Crippen LogP contribution in [0.4, 0.5) is 4.79 Å². The molecule has 0 saturated carbocycles. The molecule has 1 fully saturated rings. The van der Waals surface area contributed by atoms with Gasteiger partial charge in [0.05, 0.1) is 5.25 Å². The molecule has 0 radical (unpaired) electrons. The lowest BCUT2D eigenvalue weighted by Gasteiger charge is -2.17. The maximum absolute atomic E-state index is 12.5. The summed E-state index contributed by atoms with van der Waals surface area (Å²) in [7, 11) is 0. The van der Waals surface area contributed by atoms with E-state index in [1.807, 2.05) is 16.7 Å². The Morgan fingerprint density at radius 1 is 1.42 bits per heavy atom. The highest BCUT2D eigenvalue weighted by Crippen LogP contribution is 2.28. The number of halogens is 1. The third-order valence-electron chi connectivity index (χ3n) is 3.88. The summed E-state index contributed by atoms with van der Waals surface area (Å²) in [6.07, 6.45) is 1.74. The number of imide groups is 1. The van der Waals surface area contributed by atoms with Crippen LogP contribution >= 0.6 is 23.4 Å². The summed E-state index contributed by atoms with van der Waals surface area (Å²) < 4.78 is 1.88. The zero-order chi connectivity index (χ0) is 18.7. The van der Waals surface area contributed by atoms with Crippen molar-refractivity contribution in [1.82, 2.24) is 25.0 Å². The van der Waals surface area contributed by atoms with Crippen LogP contribution in [0.3, 0.4) is 0 Å². The summed E-state index contributed by atoms with van der Waals surface area (Å²) in [6, 6.07) is 6.95. The van der Waals surface area contributed by atoms with Crippen LogP contribution in [0.2, 0.25) is 5.02 Å². The van der Waals surface area contributed by atoms with E-state index in [4.69, 9.17) is 11.6 Å². The highest BCUT2D eigenvalue weighted by Gasteiger charge is 2.31. The molecular weight excluding hydrogens is 374 g/mol. The Labute approximate surface area is 160 Å². The number of hydrogen-bond acceptors (Lipinski definition) is 5. The molecule has 3 rings (SSSR count). The molecule has 2 heterocycles. The fraction of sp³-hybridized carbons (Fsp3) is 0.294. The van der Waals surface area contributed by atoms with Crippen molar-refractivity contribution in [2.75, 3.05) is 13.1 Å². The molecule has 1 saturated heterocycles. The first kappa shape index (κ1) is 18.5. The molecule has 7 nitrogen and oxygen atoms in total. The second-order valence-corrected chi connectivity index (χ2v) is 7.44. The van der Waals surface area contributed by atoms with Gasteiger partial charge in [-0.3, -0.25) is 14.3 Å². The molecule has 9 heteroatoms. The molecule has 0 bridgehead atoms. The summed E-state index contributed by atoms with van der Waals surface area (Å²) in [5, 5.41) is 11.9. The predicted octanol–water partition coefficient (Wildman–Crippen LogP) is 2.82. The third-order valence-corrected chi connectivity index (χ3v) is 5.20. The number of urea groups is 1. The van der Waals surface area contributed by atoms with Gasteiger partial charge >= 0.3 is 6.03 Å². The van der Waals surface area contributed by atoms with Crippen LogP contribution in [-0.4, -0.2) is 49.9 Å². The Balaban J connectivity index is 1.83. The monoisotopic (exact) mass is 391 g/mol. The molecule has 1 aliphatic heterocycles. The summed E-state index contributed by atoms with van der Waals surface area (Å²) in [5.74, 6) is 0.425. The van der Waals surface area contributed by atoms with Gasteiger partial charge in [-0.2, -0.15) is 0 Å². The molecule has 0 aliphatic carbocycles. The van der Waals surface area contributed by atoms with Crippen molar-refractivity contribution in [3.8, 4) is 11.4 Å². The number of rotatable bonds is 6. The van der Waals surface area contributed by atoms with E-state index in [1.54, 1.807) is 25.1 Å². The molecule has 136 valence electrons. The number of aromatic nitrogens is 3. The maximum Gasteiger partial charge on any atom is 0.324 e. The molecule has 1 aromatic heterocycles. The van der Waals surface area contributed by atoms with Gasteiger partial charge in [0.2, 0.25) is 5.91 Å². The zero-order valence-electron chi connectivity index (χ0n) is 14.2. The van der Waals surface area contributed by atoms with E-state index < -0.39 is 5.25 Å². The van der Waals surface area contributed by atoms with E-state index in [-0.39, 0.29) is 11.9 Å². The first-order chi connectivity index (χ1) is 12.5. The number of nitrogens with one attached hydrogen (secondary N) is 1. The molecule has 1 aliphatic rings. The molecule has 1 aromatic carbocycles. The second kappa shape index (κ2) is 7.92. The minimum Gasteiger partial charge on any atom is -0.336 e. The van der Waals surface area contributed by atoms with Crippen LogP contribution in [-0.2, 0) is 11.3 Å². The van der Waals surface area contributed by atoms with E-state index in [9.17, 15) is 9.59 Å². The Morgan fingerprint density at radius 3 is 2.77 bits per heavy atom. The smallest absolute Gasteiger partial charge is 0.324 e. The predicted molar refractivity (Wildman–Crippen MR) is 101 cm³/mol. The molecule has 1 atom stereocenters. The molecule has 1 N–H and O–H groups in total. The number of amides is 3. The average Bonchev–Trinajstić information content (AvgIpc) is 3.22. The first-order valence-corrected chi connectivity index (χ1v) is 9.33. The van der Waals surface area contributed by atoms with E-state index >= 15 is 0 Å². The van der Waals surface area contributed by atoms with Crippen LogP contribution in [0, 0.1) is 0 Å². The number of carbonyl (C=O) groups excluding carboxylic acids is 2. The Hall–Kier alpha value is -2.32. The minimum atomic E-state index is -0.468. The lowest BCUT2D eigenvalue weighted by molar-refractivity contribution is -0.126. The van der Waals surface area contributed by atoms with Crippen molar-refractivity contribution >= 4 is 35.3 Å². The fourth-order valence-electron chi connectivity index (χ4n) is 2.59. The Morgan fingerprint density at radius 2 is 2.15 bits per heavy atom. The highest BCUT2D eigenvalue weighted by molar-refractivity contribution is 8.00. The number of carbonyl (C=O) groups is 2. The Bertz CT molecular complexity index is 836. The summed E-state index contributed by atoms with van der Waals surface area (Å²) in [6.45, 7) is 6.90. The van der Waals surface area contributed by atoms with Gasteiger partial charge in [-0.05, 0) is 31.2 Å². The lowest BCUT2D eigenvalue weighted by Crippen LogP contribution is -2.39. The minimum absolute atomic E-state index is 0.244. The van der Waals surface area contributed by atoms with E-state index in [0.29, 0.717) is 35.6 Å². The summed E-state index contributed by atoms with van der Waals surface area (Å²) in [4.78, 5) is 25.4. The number of hydrogen-bond donors (Lipinski definition) is 1. The summed E-state index contributed by atoms with van der Waals surface area (Å²) >= 11 is 7.22. The van der Waals surface area contributed by atoms with Crippen LogP contribution < -0.4 is 5.32 Å². The average molecular weight is 392 g/mol. The molecule has 0 spiro atoms. The number of allylic oxidation sites excluding steroid dienone is 1. The van der Waals surface area contributed by atoms with Crippen molar-refractivity contribution in [2.45, 2.75) is 23.9 Å². The van der Waals surface area contributed by atoms with E-state index in [0.717, 1.165) is 5.56 Å². The number of benzene rings is 1. The number of nitrogens with zero attached hydrogens (tertiary/aromatic N) is 4. The van der Waals surface area contributed by atoms with Gasteiger partial charge in [-0.1, -0.05) is 29.4 Å². The molecule has 0 unspecified atom stereocenters. The third kappa shape index (κ3) is 3.76. The van der Waals surface area contributed by atoms with Gasteiger partial charge in [0, 0.05) is 30.2 Å². The summed E-state index contributed by atoms with van der Waals surface area (Å²) in [5.41, 5.74) is 0.869. The van der Waals surface area contributed by atoms with Gasteiger partial charge in [-0.15, -0.1) is 16.8 Å². The standard InChI is InChI=1S/C17H18ClN5O2S/c1-3-9-22-14(12-4-6-13(18)7-5-12)20-21-17(22)26-11(2)15(24)23-10-8-19-16(23)25/h3-7,11H,1,8-10H2,2H3,(H,19,25)/t11-/m1/s1. The second-order valence-electron chi connectivity index (χ2n) is 5.69. The van der Waals surface area contributed by atoms with Crippen molar-refractivity contribution < 1.29 is 9.59 Å². The quantitative estimate of drug-likeness (QED) is 0.605. The van der Waals surface area contributed by atoms with Crippen molar-refractivity contribution in [3.05, 3.63) is 41.9 Å². The van der Waals surface area contributed by atoms with Crippen LogP contribution in [0.25, 0.3) is 11.4 Å². The van der Waals surface area contributed by atoms with Crippen LogP contribution in [0.5, 0.6) is 0 Å². The highest BCUT2D eigenvalue weighted by atomic mass is 35.5. The van der Waals surface area contributed by atoms with Gasteiger partial charge in [0.1, 0.15) is 0 Å². The van der Waals surface area contributed by atoms with Crippen LogP contribution in [0.1, 0.15) is 6.92 Å². The van der Waals surface area contributed by atoms with E-state index in [1.165, 1.54) is 16.7 Å². The molecular formula is C17H18ClN5O2S. The lowest BCUT2D eigenvalue weighted by atomic mass is 10.2. The first-order valence-electron chi connectivity index (χ1n) is 8.07. The fourth-order valence-corrected chi connectivity index (χ4v) is 3.64.